The summed E-state index contributed by atoms with van der Waals surface area (Å²) < 4.78 is 21.8. The van der Waals surface area contributed by atoms with Crippen molar-refractivity contribution in [1.82, 2.24) is 20.2 Å². The van der Waals surface area contributed by atoms with Crippen LogP contribution in [0.4, 0.5) is 5.69 Å². The Labute approximate surface area is 154 Å². The van der Waals surface area contributed by atoms with Crippen LogP contribution in [0.15, 0.2) is 35.8 Å². The van der Waals surface area contributed by atoms with Gasteiger partial charge in [0.1, 0.15) is 24.5 Å². The molecule has 0 fully saturated rings. The number of tetrazole rings is 1. The van der Waals surface area contributed by atoms with E-state index in [0.717, 1.165) is 0 Å². The molecule has 2 heterocycles. The Hall–Kier alpha value is -3.47. The van der Waals surface area contributed by atoms with Gasteiger partial charge >= 0.3 is 11.9 Å². The fraction of sp³-hybridized carbons (Fsp3) is 0.312. The molecule has 0 spiro atoms. The van der Waals surface area contributed by atoms with Crippen molar-refractivity contribution in [2.75, 3.05) is 39.6 Å². The van der Waals surface area contributed by atoms with Crippen LogP contribution in [-0.4, -0.2) is 66.8 Å². The van der Waals surface area contributed by atoms with Crippen LogP contribution in [0, 0.1) is 0 Å². The molecular formula is C16H17N5O6. The summed E-state index contributed by atoms with van der Waals surface area (Å²) in [6, 6.07) is 5.11. The Morgan fingerprint density at radius 1 is 1.07 bits per heavy atom. The lowest BCUT2D eigenvalue weighted by Gasteiger charge is -2.31. The molecule has 1 aliphatic heterocycles. The average molecular weight is 375 g/mol. The van der Waals surface area contributed by atoms with Crippen molar-refractivity contribution in [3.63, 3.8) is 0 Å². The van der Waals surface area contributed by atoms with E-state index in [1.165, 1.54) is 37.2 Å². The molecule has 0 N–H and O–H groups in total. The van der Waals surface area contributed by atoms with Gasteiger partial charge in [0.05, 0.1) is 39.2 Å². The van der Waals surface area contributed by atoms with Gasteiger partial charge in [-0.2, -0.15) is 0 Å². The third kappa shape index (κ3) is 3.58. The number of nitrogens with zero attached hydrogens (tertiary/aromatic N) is 5. The van der Waals surface area contributed by atoms with E-state index in [0.29, 0.717) is 17.1 Å². The average Bonchev–Trinajstić information content (AvgIpc) is 3.26. The number of carbonyl (C=O) groups is 2. The minimum atomic E-state index is -0.689. The summed E-state index contributed by atoms with van der Waals surface area (Å²) >= 11 is 0. The van der Waals surface area contributed by atoms with Crippen LogP contribution in [0.2, 0.25) is 0 Å². The first-order valence-corrected chi connectivity index (χ1v) is 7.76. The van der Waals surface area contributed by atoms with Crippen molar-refractivity contribution in [2.24, 2.45) is 0 Å². The van der Waals surface area contributed by atoms with Gasteiger partial charge in [0.25, 0.3) is 0 Å². The van der Waals surface area contributed by atoms with Crippen molar-refractivity contribution in [2.45, 2.75) is 0 Å². The lowest BCUT2D eigenvalue weighted by molar-refractivity contribution is -0.140. The number of benzene rings is 1. The second kappa shape index (κ2) is 7.83. The highest BCUT2D eigenvalue weighted by Crippen LogP contribution is 2.31. The standard InChI is InChI=1S/C16H17N5O6/c1-24-12-5-10(4-11(6-12)21-8-17-18-19-21)20-9-27-7-13(15(22)25-2)14(20)16(23)26-3/h4-6,8H,7,9H2,1-3H3. The van der Waals surface area contributed by atoms with Crippen LogP contribution in [-0.2, 0) is 23.8 Å². The van der Waals surface area contributed by atoms with Gasteiger partial charge in [-0.05, 0) is 16.5 Å². The minimum Gasteiger partial charge on any atom is -0.497 e. The van der Waals surface area contributed by atoms with E-state index in [2.05, 4.69) is 15.5 Å². The maximum atomic E-state index is 12.4. The van der Waals surface area contributed by atoms with Gasteiger partial charge in [0, 0.05) is 17.8 Å². The molecule has 3 rings (SSSR count). The molecule has 0 atom stereocenters. The molecule has 0 saturated carbocycles. The van der Waals surface area contributed by atoms with Crippen LogP contribution in [0.25, 0.3) is 5.69 Å². The Morgan fingerprint density at radius 3 is 2.44 bits per heavy atom. The van der Waals surface area contributed by atoms with Crippen LogP contribution >= 0.6 is 0 Å². The van der Waals surface area contributed by atoms with E-state index >= 15 is 0 Å². The molecule has 0 aliphatic carbocycles. The van der Waals surface area contributed by atoms with Crippen molar-refractivity contribution in [3.05, 3.63) is 35.8 Å². The largest absolute Gasteiger partial charge is 0.497 e. The van der Waals surface area contributed by atoms with E-state index < -0.39 is 11.9 Å². The number of methoxy groups -OCH3 is 3. The number of ether oxygens (including phenoxy) is 4. The SMILES string of the molecule is COC(=O)C1=C(C(=O)OC)N(c2cc(OC)cc(-n3cnnn3)c2)COC1. The fourth-order valence-electron chi connectivity index (χ4n) is 2.60. The van der Waals surface area contributed by atoms with Crippen LogP contribution in [0.3, 0.4) is 0 Å². The number of rotatable bonds is 5. The summed E-state index contributed by atoms with van der Waals surface area (Å²) in [4.78, 5) is 26.0. The van der Waals surface area contributed by atoms with Crippen molar-refractivity contribution in [3.8, 4) is 11.4 Å². The molecule has 142 valence electrons. The Morgan fingerprint density at radius 2 is 1.81 bits per heavy atom. The molecule has 1 aliphatic rings. The first-order chi connectivity index (χ1) is 13.1. The van der Waals surface area contributed by atoms with Gasteiger partial charge in [0.15, 0.2) is 0 Å². The number of carbonyl (C=O) groups excluding carboxylic acids is 2. The summed E-state index contributed by atoms with van der Waals surface area (Å²) in [6.07, 6.45) is 1.42. The third-order valence-corrected chi connectivity index (χ3v) is 3.87. The quantitative estimate of drug-likeness (QED) is 0.664. The first kappa shape index (κ1) is 18.3. The van der Waals surface area contributed by atoms with Crippen LogP contribution < -0.4 is 9.64 Å². The molecule has 27 heavy (non-hydrogen) atoms. The lowest BCUT2D eigenvalue weighted by Crippen LogP contribution is -2.38. The molecule has 1 aromatic heterocycles. The van der Waals surface area contributed by atoms with E-state index in [1.54, 1.807) is 18.2 Å². The topological polar surface area (TPSA) is 118 Å². The van der Waals surface area contributed by atoms with E-state index in [9.17, 15) is 9.59 Å². The molecule has 2 aromatic rings. The molecular weight excluding hydrogens is 358 g/mol. The second-order valence-electron chi connectivity index (χ2n) is 5.36. The summed E-state index contributed by atoms with van der Waals surface area (Å²) in [5.41, 5.74) is 1.19. The molecule has 11 nitrogen and oxygen atoms in total. The van der Waals surface area contributed by atoms with Gasteiger partial charge < -0.3 is 23.8 Å². The predicted octanol–water partition coefficient (Wildman–Crippen LogP) is 0.0651. The predicted molar refractivity (Wildman–Crippen MR) is 90.1 cm³/mol. The zero-order chi connectivity index (χ0) is 19.4. The van der Waals surface area contributed by atoms with Gasteiger partial charge in [-0.15, -0.1) is 5.10 Å². The highest BCUT2D eigenvalue weighted by Gasteiger charge is 2.32. The van der Waals surface area contributed by atoms with E-state index in [1.807, 2.05) is 0 Å². The molecule has 1 aromatic carbocycles. The van der Waals surface area contributed by atoms with Crippen LogP contribution in [0.5, 0.6) is 5.75 Å². The summed E-state index contributed by atoms with van der Waals surface area (Å²) in [5, 5.41) is 11.1. The zero-order valence-corrected chi connectivity index (χ0v) is 14.9. The van der Waals surface area contributed by atoms with Gasteiger partial charge in [0.2, 0.25) is 0 Å². The van der Waals surface area contributed by atoms with Crippen molar-refractivity contribution < 1.29 is 28.5 Å². The van der Waals surface area contributed by atoms with Crippen molar-refractivity contribution >= 4 is 17.6 Å². The Bertz CT molecular complexity index is 879. The van der Waals surface area contributed by atoms with E-state index in [4.69, 9.17) is 18.9 Å². The molecule has 0 radical (unpaired) electrons. The maximum Gasteiger partial charge on any atom is 0.355 e. The minimum absolute atomic E-state index is 0.0210. The fourth-order valence-corrected chi connectivity index (χ4v) is 2.60. The van der Waals surface area contributed by atoms with Gasteiger partial charge in [-0.1, -0.05) is 0 Å². The van der Waals surface area contributed by atoms with Gasteiger partial charge in [-0.3, -0.25) is 0 Å². The highest BCUT2D eigenvalue weighted by molar-refractivity contribution is 6.03. The number of anilines is 1. The van der Waals surface area contributed by atoms with Crippen LogP contribution in [0.1, 0.15) is 0 Å². The number of hydrogen-bond acceptors (Lipinski definition) is 10. The number of aromatic nitrogens is 4. The smallest absolute Gasteiger partial charge is 0.355 e. The highest BCUT2D eigenvalue weighted by atomic mass is 16.5. The second-order valence-corrected chi connectivity index (χ2v) is 5.36. The molecule has 0 bridgehead atoms. The Kier molecular flexibility index (Phi) is 5.31. The molecule has 0 unspecified atom stereocenters. The summed E-state index contributed by atoms with van der Waals surface area (Å²) in [5.74, 6) is -0.874. The lowest BCUT2D eigenvalue weighted by atomic mass is 10.1. The van der Waals surface area contributed by atoms with E-state index in [-0.39, 0.29) is 24.6 Å². The van der Waals surface area contributed by atoms with Crippen molar-refractivity contribution in [1.29, 1.82) is 0 Å². The first-order valence-electron chi connectivity index (χ1n) is 7.76. The Balaban J connectivity index is 2.14. The maximum absolute atomic E-state index is 12.4. The number of hydrogen-bond donors (Lipinski definition) is 0. The molecule has 0 saturated heterocycles. The third-order valence-electron chi connectivity index (χ3n) is 3.87. The summed E-state index contributed by atoms with van der Waals surface area (Å²) in [6.45, 7) is -0.0510. The molecule has 0 amide bonds. The monoisotopic (exact) mass is 375 g/mol. The summed E-state index contributed by atoms with van der Waals surface area (Å²) in [7, 11) is 3.96. The number of esters is 2. The van der Waals surface area contributed by atoms with Gasteiger partial charge in [-0.25, -0.2) is 14.3 Å². The zero-order valence-electron chi connectivity index (χ0n) is 14.9. The normalized spacial score (nSPS) is 14.1. The molecule has 11 heteroatoms.